The molecule has 0 saturated carbocycles. The second-order valence-electron chi connectivity index (χ2n) is 3.99. The van der Waals surface area contributed by atoms with Crippen molar-refractivity contribution in [2.75, 3.05) is 25.6 Å². The van der Waals surface area contributed by atoms with E-state index >= 15 is 0 Å². The first-order valence-corrected chi connectivity index (χ1v) is 6.58. The van der Waals surface area contributed by atoms with E-state index in [4.69, 9.17) is 16.3 Å². The molecular weight excluding hydrogens is 295 g/mol. The zero-order valence-electron chi connectivity index (χ0n) is 10.7. The molecule has 0 bridgehead atoms. The number of hydrogen-bond acceptors (Lipinski definition) is 2. The molecule has 0 aliphatic heterocycles. The summed E-state index contributed by atoms with van der Waals surface area (Å²) in [6.45, 7) is 1.32. The van der Waals surface area contributed by atoms with Crippen molar-refractivity contribution in [3.8, 4) is 0 Å². The van der Waals surface area contributed by atoms with Crippen LogP contribution in [0.2, 0.25) is 0 Å². The lowest BCUT2D eigenvalue weighted by atomic mass is 10.1. The highest BCUT2D eigenvalue weighted by Gasteiger charge is 2.30. The second-order valence-corrected chi connectivity index (χ2v) is 4.36. The highest BCUT2D eigenvalue weighted by molar-refractivity contribution is 6.17. The fraction of sp³-hybridized carbons (Fsp3) is 0.462. The second kappa shape index (κ2) is 8.11. The third-order valence-electron chi connectivity index (χ3n) is 2.45. The van der Waals surface area contributed by atoms with Crippen molar-refractivity contribution >= 4 is 17.5 Å². The van der Waals surface area contributed by atoms with Gasteiger partial charge >= 0.3 is 6.18 Å². The van der Waals surface area contributed by atoms with Crippen LogP contribution >= 0.6 is 11.6 Å². The van der Waals surface area contributed by atoms with Crippen LogP contribution in [-0.2, 0) is 10.9 Å². The van der Waals surface area contributed by atoms with E-state index in [1.807, 2.05) is 0 Å². The molecule has 0 unspecified atom stereocenters. The first-order valence-electron chi connectivity index (χ1n) is 6.04. The van der Waals surface area contributed by atoms with E-state index in [2.05, 4.69) is 5.32 Å². The highest BCUT2D eigenvalue weighted by atomic mass is 35.5. The SMILES string of the molecule is O=C(NCCCOCCCl)c1ccc(C(F)(F)F)cc1. The first-order chi connectivity index (χ1) is 9.45. The zero-order chi connectivity index (χ0) is 15.0. The minimum Gasteiger partial charge on any atom is -0.380 e. The van der Waals surface area contributed by atoms with Gasteiger partial charge in [0.2, 0.25) is 0 Å². The lowest BCUT2D eigenvalue weighted by Gasteiger charge is -2.08. The van der Waals surface area contributed by atoms with Crippen molar-refractivity contribution in [1.82, 2.24) is 5.32 Å². The van der Waals surface area contributed by atoms with Crippen LogP contribution in [0, 0.1) is 0 Å². The zero-order valence-corrected chi connectivity index (χ0v) is 11.4. The summed E-state index contributed by atoms with van der Waals surface area (Å²) in [5.41, 5.74) is -0.580. The van der Waals surface area contributed by atoms with Crippen LogP contribution in [0.1, 0.15) is 22.3 Å². The van der Waals surface area contributed by atoms with Gasteiger partial charge in [-0.1, -0.05) is 0 Å². The topological polar surface area (TPSA) is 38.3 Å². The maximum Gasteiger partial charge on any atom is 0.416 e. The average Bonchev–Trinajstić information content (AvgIpc) is 2.41. The summed E-state index contributed by atoms with van der Waals surface area (Å²) in [7, 11) is 0. The van der Waals surface area contributed by atoms with Gasteiger partial charge in [-0.15, -0.1) is 11.6 Å². The van der Waals surface area contributed by atoms with Crippen molar-refractivity contribution in [3.63, 3.8) is 0 Å². The first kappa shape index (κ1) is 16.8. The molecule has 0 spiro atoms. The molecule has 0 radical (unpaired) electrons. The minimum atomic E-state index is -4.39. The summed E-state index contributed by atoms with van der Waals surface area (Å²) < 4.78 is 42.2. The Kier molecular flexibility index (Phi) is 6.81. The molecule has 1 aromatic rings. The lowest BCUT2D eigenvalue weighted by molar-refractivity contribution is -0.137. The Hall–Kier alpha value is -1.27. The van der Waals surface area contributed by atoms with Crippen molar-refractivity contribution in [2.45, 2.75) is 12.6 Å². The van der Waals surface area contributed by atoms with E-state index in [-0.39, 0.29) is 5.56 Å². The number of benzene rings is 1. The molecule has 0 fully saturated rings. The predicted molar refractivity (Wildman–Crippen MR) is 69.9 cm³/mol. The fourth-order valence-electron chi connectivity index (χ4n) is 1.45. The molecule has 1 N–H and O–H groups in total. The monoisotopic (exact) mass is 309 g/mol. The number of rotatable bonds is 7. The summed E-state index contributed by atoms with van der Waals surface area (Å²) in [6.07, 6.45) is -3.78. The van der Waals surface area contributed by atoms with Crippen LogP contribution in [0.25, 0.3) is 0 Å². The molecule has 0 atom stereocenters. The van der Waals surface area contributed by atoms with Crippen molar-refractivity contribution in [1.29, 1.82) is 0 Å². The van der Waals surface area contributed by atoms with Gasteiger partial charge in [-0.25, -0.2) is 0 Å². The number of nitrogens with one attached hydrogen (secondary N) is 1. The molecule has 0 aromatic heterocycles. The summed E-state index contributed by atoms with van der Waals surface area (Å²) in [4.78, 5) is 11.6. The van der Waals surface area contributed by atoms with E-state index in [9.17, 15) is 18.0 Å². The van der Waals surface area contributed by atoms with Gasteiger partial charge in [-0.2, -0.15) is 13.2 Å². The largest absolute Gasteiger partial charge is 0.416 e. The van der Waals surface area contributed by atoms with Crippen LogP contribution in [0.5, 0.6) is 0 Å². The van der Waals surface area contributed by atoms with E-state index < -0.39 is 17.6 Å². The molecule has 112 valence electrons. The predicted octanol–water partition coefficient (Wildman–Crippen LogP) is 3.08. The Balaban J connectivity index is 2.37. The summed E-state index contributed by atoms with van der Waals surface area (Å²) in [5, 5.41) is 2.60. The Labute approximate surface area is 120 Å². The van der Waals surface area contributed by atoms with Crippen LogP contribution in [0.4, 0.5) is 13.2 Å². The maximum absolute atomic E-state index is 12.3. The minimum absolute atomic E-state index is 0.194. The Morgan fingerprint density at radius 2 is 1.85 bits per heavy atom. The van der Waals surface area contributed by atoms with Crippen molar-refractivity contribution < 1.29 is 22.7 Å². The number of hydrogen-bond donors (Lipinski definition) is 1. The van der Waals surface area contributed by atoms with E-state index in [1.54, 1.807) is 0 Å². The Morgan fingerprint density at radius 3 is 2.40 bits per heavy atom. The molecule has 20 heavy (non-hydrogen) atoms. The quantitative estimate of drug-likeness (QED) is 0.621. The van der Waals surface area contributed by atoms with Crippen LogP contribution in [0.15, 0.2) is 24.3 Å². The van der Waals surface area contributed by atoms with Crippen LogP contribution in [-0.4, -0.2) is 31.5 Å². The van der Waals surface area contributed by atoms with Crippen LogP contribution < -0.4 is 5.32 Å². The summed E-state index contributed by atoms with van der Waals surface area (Å²) in [6, 6.07) is 4.08. The van der Waals surface area contributed by atoms with Gasteiger partial charge in [0.25, 0.3) is 5.91 Å². The Morgan fingerprint density at radius 1 is 1.20 bits per heavy atom. The van der Waals surface area contributed by atoms with E-state index in [1.165, 1.54) is 0 Å². The number of amides is 1. The van der Waals surface area contributed by atoms with Gasteiger partial charge in [0, 0.05) is 24.6 Å². The average molecular weight is 310 g/mol. The number of halogens is 4. The summed E-state index contributed by atoms with van der Waals surface area (Å²) in [5.74, 6) is 0.00818. The van der Waals surface area contributed by atoms with E-state index in [0.29, 0.717) is 32.1 Å². The third-order valence-corrected chi connectivity index (χ3v) is 2.60. The van der Waals surface area contributed by atoms with Gasteiger partial charge in [0.1, 0.15) is 0 Å². The Bertz CT molecular complexity index is 421. The molecule has 0 aliphatic carbocycles. The maximum atomic E-state index is 12.3. The normalized spacial score (nSPS) is 11.4. The van der Waals surface area contributed by atoms with Gasteiger partial charge < -0.3 is 10.1 Å². The molecule has 0 saturated heterocycles. The number of ether oxygens (including phenoxy) is 1. The highest BCUT2D eigenvalue weighted by Crippen LogP contribution is 2.28. The number of alkyl halides is 4. The third kappa shape index (κ3) is 5.79. The molecule has 1 aromatic carbocycles. The van der Waals surface area contributed by atoms with Gasteiger partial charge in [0.05, 0.1) is 12.2 Å². The lowest BCUT2D eigenvalue weighted by Crippen LogP contribution is -2.25. The molecule has 0 heterocycles. The number of carbonyl (C=O) groups excluding carboxylic acids is 1. The molecule has 7 heteroatoms. The number of carbonyl (C=O) groups is 1. The fourth-order valence-corrected chi connectivity index (χ4v) is 1.55. The molecule has 3 nitrogen and oxygen atoms in total. The summed E-state index contributed by atoms with van der Waals surface area (Å²) >= 11 is 5.41. The smallest absolute Gasteiger partial charge is 0.380 e. The van der Waals surface area contributed by atoms with Gasteiger partial charge in [-0.3, -0.25) is 4.79 Å². The standard InChI is InChI=1S/C13H15ClF3NO2/c14-6-9-20-8-1-7-18-12(19)10-2-4-11(5-3-10)13(15,16)17/h2-5H,1,6-9H2,(H,18,19). The molecule has 1 rings (SSSR count). The van der Waals surface area contributed by atoms with Gasteiger partial charge in [0.15, 0.2) is 0 Å². The molecule has 1 amide bonds. The van der Waals surface area contributed by atoms with Crippen LogP contribution in [0.3, 0.4) is 0 Å². The molecular formula is C13H15ClF3NO2. The van der Waals surface area contributed by atoms with Crippen molar-refractivity contribution in [3.05, 3.63) is 35.4 Å². The van der Waals surface area contributed by atoms with Gasteiger partial charge in [-0.05, 0) is 30.7 Å². The van der Waals surface area contributed by atoms with Crippen molar-refractivity contribution in [2.24, 2.45) is 0 Å². The van der Waals surface area contributed by atoms with E-state index in [0.717, 1.165) is 24.3 Å². The molecule has 0 aliphatic rings.